The maximum atomic E-state index is 9.84. The van der Waals surface area contributed by atoms with Crippen molar-refractivity contribution in [3.8, 4) is 5.75 Å². The quantitative estimate of drug-likeness (QED) is 0.866. The van der Waals surface area contributed by atoms with Gasteiger partial charge in [-0.2, -0.15) is 0 Å². The van der Waals surface area contributed by atoms with E-state index >= 15 is 0 Å². The number of aryl methyl sites for hydroxylation is 1. The minimum atomic E-state index is -0.293. The van der Waals surface area contributed by atoms with Crippen molar-refractivity contribution in [2.45, 2.75) is 57.7 Å². The molecule has 2 nitrogen and oxygen atoms in total. The van der Waals surface area contributed by atoms with Crippen LogP contribution in [0.1, 0.15) is 44.6 Å². The molecule has 1 aromatic carbocycles. The average molecular weight is 234 g/mol. The first-order chi connectivity index (χ1) is 8.29. The van der Waals surface area contributed by atoms with Crippen molar-refractivity contribution in [2.24, 2.45) is 0 Å². The van der Waals surface area contributed by atoms with Crippen LogP contribution in [0.15, 0.2) is 24.3 Å². The second kappa shape index (κ2) is 6.06. The fourth-order valence-electron chi connectivity index (χ4n) is 2.41. The highest BCUT2D eigenvalue weighted by Crippen LogP contribution is 2.24. The van der Waals surface area contributed by atoms with E-state index in [1.807, 2.05) is 12.1 Å². The summed E-state index contributed by atoms with van der Waals surface area (Å²) in [4.78, 5) is 0. The molecule has 2 heteroatoms. The second-order valence-electron chi connectivity index (χ2n) is 4.90. The lowest BCUT2D eigenvalue weighted by atomic mass is 9.95. The van der Waals surface area contributed by atoms with E-state index < -0.39 is 0 Å². The Morgan fingerprint density at radius 1 is 1.18 bits per heavy atom. The van der Waals surface area contributed by atoms with Gasteiger partial charge in [0.05, 0.1) is 6.10 Å². The van der Waals surface area contributed by atoms with Crippen LogP contribution in [0.2, 0.25) is 0 Å². The molecule has 0 heterocycles. The van der Waals surface area contributed by atoms with Gasteiger partial charge in [-0.25, -0.2) is 0 Å². The Morgan fingerprint density at radius 3 is 2.53 bits per heavy atom. The Kier molecular flexibility index (Phi) is 4.43. The Labute approximate surface area is 104 Å². The number of aliphatic hydroxyl groups excluding tert-OH is 1. The SMILES string of the molecule is CCCc1ccc(OC2CCCCC2O)cc1. The van der Waals surface area contributed by atoms with E-state index in [9.17, 15) is 5.11 Å². The summed E-state index contributed by atoms with van der Waals surface area (Å²) in [6.07, 6.45) is 6.11. The van der Waals surface area contributed by atoms with Crippen molar-refractivity contribution in [2.75, 3.05) is 0 Å². The maximum Gasteiger partial charge on any atom is 0.124 e. The molecule has 1 fully saturated rings. The Balaban J connectivity index is 1.93. The minimum absolute atomic E-state index is 0.0132. The van der Waals surface area contributed by atoms with E-state index in [-0.39, 0.29) is 12.2 Å². The van der Waals surface area contributed by atoms with Crippen LogP contribution < -0.4 is 4.74 Å². The lowest BCUT2D eigenvalue weighted by molar-refractivity contribution is 0.00687. The van der Waals surface area contributed by atoms with Gasteiger partial charge in [0.25, 0.3) is 0 Å². The zero-order valence-corrected chi connectivity index (χ0v) is 10.6. The van der Waals surface area contributed by atoms with Crippen LogP contribution in [0.3, 0.4) is 0 Å². The van der Waals surface area contributed by atoms with Crippen molar-refractivity contribution in [3.63, 3.8) is 0 Å². The smallest absolute Gasteiger partial charge is 0.124 e. The molecule has 0 radical (unpaired) electrons. The van der Waals surface area contributed by atoms with Crippen LogP contribution >= 0.6 is 0 Å². The monoisotopic (exact) mass is 234 g/mol. The normalized spacial score (nSPS) is 24.6. The molecule has 0 spiro atoms. The van der Waals surface area contributed by atoms with Gasteiger partial charge in [-0.1, -0.05) is 31.9 Å². The van der Waals surface area contributed by atoms with Gasteiger partial charge < -0.3 is 9.84 Å². The number of hydrogen-bond acceptors (Lipinski definition) is 2. The van der Waals surface area contributed by atoms with Crippen LogP contribution in [0.25, 0.3) is 0 Å². The van der Waals surface area contributed by atoms with E-state index in [0.29, 0.717) is 0 Å². The van der Waals surface area contributed by atoms with Gasteiger partial charge in [-0.3, -0.25) is 0 Å². The predicted molar refractivity (Wildman–Crippen MR) is 69.3 cm³/mol. The molecular formula is C15H22O2. The highest BCUT2D eigenvalue weighted by molar-refractivity contribution is 5.27. The van der Waals surface area contributed by atoms with Crippen molar-refractivity contribution in [1.29, 1.82) is 0 Å². The van der Waals surface area contributed by atoms with Crippen LogP contribution in [0, 0.1) is 0 Å². The summed E-state index contributed by atoms with van der Waals surface area (Å²) < 4.78 is 5.85. The molecule has 0 amide bonds. The molecular weight excluding hydrogens is 212 g/mol. The molecule has 1 saturated carbocycles. The molecule has 0 aromatic heterocycles. The van der Waals surface area contributed by atoms with Crippen LogP contribution in [-0.2, 0) is 6.42 Å². The van der Waals surface area contributed by atoms with Gasteiger partial charge in [0.1, 0.15) is 11.9 Å². The van der Waals surface area contributed by atoms with Crippen LogP contribution in [0.5, 0.6) is 5.75 Å². The topological polar surface area (TPSA) is 29.5 Å². The maximum absolute atomic E-state index is 9.84. The first-order valence-electron chi connectivity index (χ1n) is 6.73. The summed E-state index contributed by atoms with van der Waals surface area (Å²) in [5, 5.41) is 9.84. The third kappa shape index (κ3) is 3.47. The fraction of sp³-hybridized carbons (Fsp3) is 0.600. The molecule has 1 aliphatic rings. The molecule has 2 atom stereocenters. The molecule has 17 heavy (non-hydrogen) atoms. The number of rotatable bonds is 4. The summed E-state index contributed by atoms with van der Waals surface area (Å²) in [6.45, 7) is 2.18. The van der Waals surface area contributed by atoms with Gasteiger partial charge in [0.2, 0.25) is 0 Å². The van der Waals surface area contributed by atoms with E-state index in [0.717, 1.165) is 37.9 Å². The van der Waals surface area contributed by atoms with Gasteiger partial charge >= 0.3 is 0 Å². The Hall–Kier alpha value is -1.02. The first kappa shape index (κ1) is 12.4. The third-order valence-electron chi connectivity index (χ3n) is 3.42. The van der Waals surface area contributed by atoms with E-state index in [4.69, 9.17) is 4.74 Å². The number of aliphatic hydroxyl groups is 1. The molecule has 94 valence electrons. The van der Waals surface area contributed by atoms with Crippen molar-refractivity contribution in [1.82, 2.24) is 0 Å². The summed E-state index contributed by atoms with van der Waals surface area (Å²) in [5.74, 6) is 0.885. The third-order valence-corrected chi connectivity index (χ3v) is 3.42. The lowest BCUT2D eigenvalue weighted by Crippen LogP contribution is -2.34. The standard InChI is InChI=1S/C15H22O2/c1-2-5-12-8-10-13(11-9-12)17-15-7-4-3-6-14(15)16/h8-11,14-16H,2-7H2,1H3. The molecule has 0 aliphatic heterocycles. The summed E-state index contributed by atoms with van der Waals surface area (Å²) in [5.41, 5.74) is 1.35. The van der Waals surface area contributed by atoms with Crippen molar-refractivity contribution >= 4 is 0 Å². The van der Waals surface area contributed by atoms with Crippen molar-refractivity contribution in [3.05, 3.63) is 29.8 Å². The zero-order valence-electron chi connectivity index (χ0n) is 10.6. The first-order valence-corrected chi connectivity index (χ1v) is 6.73. The molecule has 1 N–H and O–H groups in total. The zero-order chi connectivity index (χ0) is 12.1. The Bertz CT molecular complexity index is 331. The molecule has 0 saturated heterocycles. The summed E-state index contributed by atoms with van der Waals surface area (Å²) in [7, 11) is 0. The minimum Gasteiger partial charge on any atom is -0.488 e. The van der Waals surface area contributed by atoms with Gasteiger partial charge in [0.15, 0.2) is 0 Å². The number of benzene rings is 1. The largest absolute Gasteiger partial charge is 0.488 e. The summed E-state index contributed by atoms with van der Waals surface area (Å²) >= 11 is 0. The number of hydrogen-bond donors (Lipinski definition) is 1. The summed E-state index contributed by atoms with van der Waals surface area (Å²) in [6, 6.07) is 8.28. The van der Waals surface area contributed by atoms with E-state index in [2.05, 4.69) is 19.1 Å². The molecule has 0 bridgehead atoms. The lowest BCUT2D eigenvalue weighted by Gasteiger charge is -2.28. The molecule has 2 rings (SSSR count). The van der Waals surface area contributed by atoms with Crippen molar-refractivity contribution < 1.29 is 9.84 Å². The molecule has 2 unspecified atom stereocenters. The Morgan fingerprint density at radius 2 is 1.88 bits per heavy atom. The highest BCUT2D eigenvalue weighted by Gasteiger charge is 2.24. The van der Waals surface area contributed by atoms with E-state index in [1.54, 1.807) is 0 Å². The molecule has 1 aromatic rings. The predicted octanol–water partition coefficient (Wildman–Crippen LogP) is 3.32. The van der Waals surface area contributed by atoms with Gasteiger partial charge in [0, 0.05) is 0 Å². The van der Waals surface area contributed by atoms with E-state index in [1.165, 1.54) is 12.0 Å². The van der Waals surface area contributed by atoms with Crippen LogP contribution in [0.4, 0.5) is 0 Å². The van der Waals surface area contributed by atoms with Gasteiger partial charge in [-0.05, 0) is 43.4 Å². The number of ether oxygens (including phenoxy) is 1. The fourth-order valence-corrected chi connectivity index (χ4v) is 2.41. The average Bonchev–Trinajstić information content (AvgIpc) is 2.35. The van der Waals surface area contributed by atoms with Gasteiger partial charge in [-0.15, -0.1) is 0 Å². The second-order valence-corrected chi connectivity index (χ2v) is 4.90. The van der Waals surface area contributed by atoms with Crippen LogP contribution in [-0.4, -0.2) is 17.3 Å². The highest BCUT2D eigenvalue weighted by atomic mass is 16.5. The molecule has 1 aliphatic carbocycles.